The molecule has 4 N–H and O–H groups in total. The Balaban J connectivity index is 1.35. The molecule has 2 bridgehead atoms. The highest BCUT2D eigenvalue weighted by Crippen LogP contribution is 2.64. The highest BCUT2D eigenvalue weighted by atomic mass is 16.7. The quantitative estimate of drug-likeness (QED) is 0.195. The minimum absolute atomic E-state index is 0.0313. The number of amides is 1. The summed E-state index contributed by atoms with van der Waals surface area (Å²) in [6.07, 6.45) is -7.33. The lowest BCUT2D eigenvalue weighted by molar-refractivity contribution is -0.337. The van der Waals surface area contributed by atoms with E-state index in [1.165, 1.54) is 6.92 Å². The van der Waals surface area contributed by atoms with E-state index in [9.17, 15) is 34.5 Å². The molecule has 62 heavy (non-hydrogen) atoms. The average Bonchev–Trinajstić information content (AvgIpc) is 3.59. The number of hydrogen-bond acceptors (Lipinski definition) is 15. The van der Waals surface area contributed by atoms with Crippen molar-refractivity contribution in [3.63, 3.8) is 0 Å². The van der Waals surface area contributed by atoms with Gasteiger partial charge >= 0.3 is 24.0 Å². The fourth-order valence-electron chi connectivity index (χ4n) is 10.7. The van der Waals surface area contributed by atoms with Crippen LogP contribution in [0.5, 0.6) is 0 Å². The van der Waals surface area contributed by atoms with Gasteiger partial charge in [-0.1, -0.05) is 52.5 Å². The molecule has 2 saturated carbocycles. The topological polar surface area (TPSA) is 209 Å². The van der Waals surface area contributed by atoms with Crippen molar-refractivity contribution < 1.29 is 67.7 Å². The van der Waals surface area contributed by atoms with E-state index in [1.54, 1.807) is 78.8 Å². The largest absolute Gasteiger partial charge is 0.456 e. The molecule has 0 radical (unpaired) electrons. The van der Waals surface area contributed by atoms with E-state index in [0.717, 1.165) is 13.0 Å². The molecule has 0 unspecified atom stereocenters. The first kappa shape index (κ1) is 46.1. The highest BCUT2D eigenvalue weighted by molar-refractivity contribution is 5.89. The molecule has 3 saturated heterocycles. The number of benzene rings is 1. The Morgan fingerprint density at radius 1 is 1.05 bits per heavy atom. The maximum atomic E-state index is 14.3. The molecule has 5 fully saturated rings. The normalized spacial score (nSPS) is 36.5. The Morgan fingerprint density at radius 3 is 2.31 bits per heavy atom. The van der Waals surface area contributed by atoms with Crippen molar-refractivity contribution in [3.8, 4) is 0 Å². The highest BCUT2D eigenvalue weighted by Gasteiger charge is 2.75. The molecule has 342 valence electrons. The third kappa shape index (κ3) is 8.20. The Bertz CT molecular complexity index is 1960. The number of nitrogens with zero attached hydrogens (tertiary/aromatic N) is 1. The van der Waals surface area contributed by atoms with Crippen LogP contribution in [-0.4, -0.2) is 142 Å². The second kappa shape index (κ2) is 16.6. The molecule has 1 aromatic rings. The van der Waals surface area contributed by atoms with Crippen LogP contribution in [0.3, 0.4) is 0 Å². The van der Waals surface area contributed by atoms with E-state index in [4.69, 9.17) is 33.2 Å². The van der Waals surface area contributed by atoms with E-state index in [0.29, 0.717) is 30.5 Å². The molecular weight excluding hydrogens is 805 g/mol. The Kier molecular flexibility index (Phi) is 12.3. The maximum Gasteiger partial charge on any atom is 0.407 e. The number of esters is 3. The SMILES string of the molecule is C=C1C2=C(C)[C@@H](OC(=O)[C@H](O)[C@@H](NC(=O)OC(C)(C)C)C(C)(C)C)C[C@@]1(O)[C@@H](OC(=O)c1ccccc1)[C@H]1[C@@](C)(CC[C@H]3OC[C@]31OC(C)=O)[C@@H]1O[C@H](CN3CC[C@H]3CO)O[C@H]21. The van der Waals surface area contributed by atoms with Crippen molar-refractivity contribution in [2.45, 2.75) is 160 Å². The van der Waals surface area contributed by atoms with Gasteiger partial charge in [0.1, 0.15) is 35.6 Å². The predicted molar refractivity (Wildman–Crippen MR) is 221 cm³/mol. The molecule has 6 aliphatic rings. The van der Waals surface area contributed by atoms with Gasteiger partial charge in [0.05, 0.1) is 36.8 Å². The molecule has 3 aliphatic heterocycles. The van der Waals surface area contributed by atoms with Crippen molar-refractivity contribution in [1.82, 2.24) is 10.2 Å². The number of aliphatic hydroxyl groups excluding tert-OH is 2. The standard InChI is InChI=1S/C46H64N2O14/c1-24-29(57-40(53)33(51)36(42(4,5)6)47-41(54)62-43(7,8)9)20-45(55)25(2)32(24)34-37(59-31(58-34)21-48-19-17-28(48)22-49)44(10)18-16-30-46(23-56-30,61-26(3)50)35(44)38(45)60-39(52)27-14-12-11-13-15-27/h11-15,28-31,33-38,49,51,55H,2,16-23H2,1,3-10H3,(H,47,54)/t28-,29-,30+,31+,33+,34+,35-,36+,37+,38-,44+,45-,46-/m0/s1. The van der Waals surface area contributed by atoms with Crippen LogP contribution in [0.25, 0.3) is 0 Å². The van der Waals surface area contributed by atoms with Crippen LogP contribution in [0.2, 0.25) is 0 Å². The lowest BCUT2D eigenvalue weighted by Crippen LogP contribution is -2.78. The summed E-state index contributed by atoms with van der Waals surface area (Å²) in [5, 5.41) is 37.9. The summed E-state index contributed by atoms with van der Waals surface area (Å²) in [6.45, 7) is 20.7. The van der Waals surface area contributed by atoms with E-state index in [1.807, 2.05) is 6.92 Å². The number of hydrogen-bond donors (Lipinski definition) is 4. The molecule has 1 aromatic carbocycles. The fourth-order valence-corrected chi connectivity index (χ4v) is 10.7. The first-order chi connectivity index (χ1) is 28.9. The van der Waals surface area contributed by atoms with Gasteiger partial charge in [-0.25, -0.2) is 14.4 Å². The lowest BCUT2D eigenvalue weighted by atomic mass is 9.48. The van der Waals surface area contributed by atoms with Crippen molar-refractivity contribution in [2.75, 3.05) is 26.3 Å². The van der Waals surface area contributed by atoms with Crippen LogP contribution in [0.15, 0.2) is 53.6 Å². The van der Waals surface area contributed by atoms with E-state index in [-0.39, 0.29) is 36.8 Å². The van der Waals surface area contributed by atoms with Crippen LogP contribution >= 0.6 is 0 Å². The van der Waals surface area contributed by atoms with Gasteiger partial charge in [0.15, 0.2) is 18.0 Å². The summed E-state index contributed by atoms with van der Waals surface area (Å²) in [5.74, 6) is -3.44. The third-order valence-corrected chi connectivity index (χ3v) is 13.9. The van der Waals surface area contributed by atoms with Crippen LogP contribution in [0.4, 0.5) is 4.79 Å². The number of aliphatic hydroxyl groups is 3. The number of nitrogens with one attached hydrogen (secondary N) is 1. The molecule has 0 aromatic heterocycles. The third-order valence-electron chi connectivity index (χ3n) is 13.9. The van der Waals surface area contributed by atoms with Gasteiger partial charge < -0.3 is 53.8 Å². The number of alkyl carbamates (subject to hydrolysis) is 1. The van der Waals surface area contributed by atoms with Crippen molar-refractivity contribution in [2.24, 2.45) is 16.7 Å². The van der Waals surface area contributed by atoms with Gasteiger partial charge in [0.2, 0.25) is 0 Å². The minimum atomic E-state index is -2.20. The molecular formula is C46H64N2O14. The monoisotopic (exact) mass is 868 g/mol. The second-order valence-corrected chi connectivity index (χ2v) is 20.3. The molecule has 13 atom stereocenters. The fraction of sp³-hybridized carbons (Fsp3) is 0.696. The Labute approximate surface area is 363 Å². The predicted octanol–water partition coefficient (Wildman–Crippen LogP) is 3.74. The van der Waals surface area contributed by atoms with Gasteiger partial charge in [-0.2, -0.15) is 0 Å². The second-order valence-electron chi connectivity index (χ2n) is 20.3. The molecule has 3 aliphatic carbocycles. The summed E-state index contributed by atoms with van der Waals surface area (Å²) in [5.41, 5.74) is -5.13. The number of carbonyl (C=O) groups is 4. The molecule has 0 spiro atoms. The molecule has 16 heteroatoms. The summed E-state index contributed by atoms with van der Waals surface area (Å²) < 4.78 is 44.4. The van der Waals surface area contributed by atoms with Crippen LogP contribution < -0.4 is 5.32 Å². The zero-order chi connectivity index (χ0) is 45.3. The Morgan fingerprint density at radius 2 is 1.74 bits per heavy atom. The molecule has 3 heterocycles. The Hall–Kier alpha value is -3.90. The lowest BCUT2D eigenvalue weighted by Gasteiger charge is -2.66. The van der Waals surface area contributed by atoms with Crippen LogP contribution in [0.1, 0.15) is 98.4 Å². The zero-order valence-corrected chi connectivity index (χ0v) is 37.3. The smallest absolute Gasteiger partial charge is 0.407 e. The average molecular weight is 869 g/mol. The number of fused-ring (bicyclic) bond motifs is 8. The number of ether oxygens (including phenoxy) is 7. The number of rotatable bonds is 10. The van der Waals surface area contributed by atoms with Crippen LogP contribution in [0, 0.1) is 16.7 Å². The minimum Gasteiger partial charge on any atom is -0.456 e. The van der Waals surface area contributed by atoms with E-state index in [2.05, 4.69) is 16.8 Å². The van der Waals surface area contributed by atoms with Gasteiger partial charge in [-0.05, 0) is 81.2 Å². The number of carbonyl (C=O) groups excluding carboxylic acids is 4. The first-order valence-electron chi connectivity index (χ1n) is 21.7. The maximum absolute atomic E-state index is 14.3. The number of likely N-dealkylation sites (tertiary alicyclic amines) is 1. The summed E-state index contributed by atoms with van der Waals surface area (Å²) in [6, 6.07) is 7.06. The van der Waals surface area contributed by atoms with Crippen molar-refractivity contribution >= 4 is 24.0 Å². The first-order valence-corrected chi connectivity index (χ1v) is 21.7. The van der Waals surface area contributed by atoms with Gasteiger partial charge in [0.25, 0.3) is 0 Å². The van der Waals surface area contributed by atoms with E-state index >= 15 is 0 Å². The van der Waals surface area contributed by atoms with Crippen molar-refractivity contribution in [1.29, 1.82) is 0 Å². The summed E-state index contributed by atoms with van der Waals surface area (Å²) in [4.78, 5) is 56.7. The molecule has 7 rings (SSSR count). The van der Waals surface area contributed by atoms with Gasteiger partial charge in [-0.15, -0.1) is 0 Å². The zero-order valence-electron chi connectivity index (χ0n) is 37.3. The summed E-state index contributed by atoms with van der Waals surface area (Å²) >= 11 is 0. The molecule has 1 amide bonds. The molecule has 16 nitrogen and oxygen atoms in total. The summed E-state index contributed by atoms with van der Waals surface area (Å²) in [7, 11) is 0. The van der Waals surface area contributed by atoms with E-state index < -0.39 is 107 Å². The van der Waals surface area contributed by atoms with Crippen LogP contribution in [-0.2, 0) is 42.7 Å². The van der Waals surface area contributed by atoms with Gasteiger partial charge in [-0.3, -0.25) is 9.69 Å². The van der Waals surface area contributed by atoms with Crippen molar-refractivity contribution in [3.05, 3.63) is 59.2 Å². The van der Waals surface area contributed by atoms with Gasteiger partial charge in [0, 0.05) is 37.9 Å².